The summed E-state index contributed by atoms with van der Waals surface area (Å²) < 4.78 is 24.3. The molecule has 0 aromatic rings. The van der Waals surface area contributed by atoms with Crippen molar-refractivity contribution in [3.8, 4) is 0 Å². The number of hydrogen-bond acceptors (Lipinski definition) is 4. The van der Waals surface area contributed by atoms with Crippen LogP contribution in [0, 0.1) is 11.8 Å². The fourth-order valence-corrected chi connectivity index (χ4v) is 5.02. The van der Waals surface area contributed by atoms with Crippen LogP contribution < -0.4 is 11.1 Å². The van der Waals surface area contributed by atoms with Crippen molar-refractivity contribution in [2.24, 2.45) is 17.6 Å². The predicted molar refractivity (Wildman–Crippen MR) is 67.2 cm³/mol. The van der Waals surface area contributed by atoms with Crippen LogP contribution in [0.5, 0.6) is 0 Å². The highest BCUT2D eigenvalue weighted by Gasteiger charge is 2.41. The average molecular weight is 262 g/mol. The minimum atomic E-state index is -3.45. The second-order valence-electron chi connectivity index (χ2n) is 5.16. The van der Waals surface area contributed by atoms with Crippen LogP contribution in [-0.2, 0) is 14.6 Å². The van der Waals surface area contributed by atoms with Crippen LogP contribution in [0.3, 0.4) is 0 Å². The topological polar surface area (TPSA) is 89.3 Å². The molecule has 4 atom stereocenters. The maximum absolute atomic E-state index is 12.1. The van der Waals surface area contributed by atoms with Crippen LogP contribution in [-0.4, -0.2) is 38.4 Å². The number of nitrogens with one attached hydrogen (secondary N) is 1. The molecule has 5 nitrogen and oxygen atoms in total. The van der Waals surface area contributed by atoms with Gasteiger partial charge in [-0.1, -0.05) is 13.8 Å². The van der Waals surface area contributed by atoms with Gasteiger partial charge < -0.3 is 11.1 Å². The third-order valence-electron chi connectivity index (χ3n) is 3.46. The van der Waals surface area contributed by atoms with Gasteiger partial charge >= 0.3 is 0 Å². The first kappa shape index (κ1) is 14.4. The SMILES string of the molecule is CNC(=O)CS(=O)(=O)C1C(C)CC(C)CC1N. The van der Waals surface area contributed by atoms with Crippen LogP contribution in [0.1, 0.15) is 26.7 Å². The summed E-state index contributed by atoms with van der Waals surface area (Å²) in [5.74, 6) is -0.460. The molecule has 0 spiro atoms. The van der Waals surface area contributed by atoms with Crippen molar-refractivity contribution in [3.05, 3.63) is 0 Å². The summed E-state index contributed by atoms with van der Waals surface area (Å²) >= 11 is 0. The van der Waals surface area contributed by atoms with Crippen molar-refractivity contribution < 1.29 is 13.2 Å². The summed E-state index contributed by atoms with van der Waals surface area (Å²) in [4.78, 5) is 11.2. The second-order valence-corrected chi connectivity index (χ2v) is 7.32. The minimum absolute atomic E-state index is 0.0170. The Hall–Kier alpha value is -0.620. The van der Waals surface area contributed by atoms with Crippen LogP contribution in [0.2, 0.25) is 0 Å². The molecular formula is C11H22N2O3S. The fraction of sp³-hybridized carbons (Fsp3) is 0.909. The molecular weight excluding hydrogens is 240 g/mol. The molecule has 0 bridgehead atoms. The minimum Gasteiger partial charge on any atom is -0.358 e. The Kier molecular flexibility index (Phi) is 4.55. The predicted octanol–water partition coefficient (Wildman–Crippen LogP) is -0.0909. The number of carbonyl (C=O) groups is 1. The zero-order valence-electron chi connectivity index (χ0n) is 10.6. The average Bonchev–Trinajstić information content (AvgIpc) is 2.14. The summed E-state index contributed by atoms with van der Waals surface area (Å²) in [6.07, 6.45) is 1.56. The molecule has 17 heavy (non-hydrogen) atoms. The quantitative estimate of drug-likeness (QED) is 0.744. The standard InChI is InChI=1S/C11H22N2O3S/c1-7-4-8(2)11(9(12)5-7)17(15,16)6-10(14)13-3/h7-9,11H,4-6,12H2,1-3H3,(H,13,14). The van der Waals surface area contributed by atoms with Crippen LogP contribution in [0.15, 0.2) is 0 Å². The Morgan fingerprint density at radius 3 is 2.41 bits per heavy atom. The summed E-state index contributed by atoms with van der Waals surface area (Å²) in [5, 5.41) is 1.75. The Morgan fingerprint density at radius 2 is 1.94 bits per heavy atom. The number of sulfone groups is 1. The molecule has 1 saturated carbocycles. The molecule has 0 aliphatic heterocycles. The molecule has 0 radical (unpaired) electrons. The number of hydrogen-bond donors (Lipinski definition) is 2. The highest BCUT2D eigenvalue weighted by molar-refractivity contribution is 7.92. The molecule has 6 heteroatoms. The third-order valence-corrected chi connectivity index (χ3v) is 5.77. The maximum Gasteiger partial charge on any atom is 0.234 e. The zero-order valence-corrected chi connectivity index (χ0v) is 11.5. The van der Waals surface area contributed by atoms with Crippen LogP contribution >= 0.6 is 0 Å². The summed E-state index contributed by atoms with van der Waals surface area (Å²) in [5.41, 5.74) is 5.95. The number of rotatable bonds is 3. The highest BCUT2D eigenvalue weighted by Crippen LogP contribution is 2.32. The Morgan fingerprint density at radius 1 is 1.35 bits per heavy atom. The van der Waals surface area contributed by atoms with Crippen LogP contribution in [0.25, 0.3) is 0 Å². The lowest BCUT2D eigenvalue weighted by Crippen LogP contribution is -2.51. The molecule has 0 saturated heterocycles. The van der Waals surface area contributed by atoms with E-state index in [1.54, 1.807) is 0 Å². The van der Waals surface area contributed by atoms with E-state index in [0.717, 1.165) is 6.42 Å². The van der Waals surface area contributed by atoms with Crippen molar-refractivity contribution in [2.75, 3.05) is 12.8 Å². The molecule has 100 valence electrons. The first-order chi connectivity index (χ1) is 7.77. The van der Waals surface area contributed by atoms with E-state index >= 15 is 0 Å². The third kappa shape index (κ3) is 3.42. The Balaban J connectivity index is 2.86. The monoisotopic (exact) mass is 262 g/mol. The van der Waals surface area contributed by atoms with Gasteiger partial charge in [0, 0.05) is 13.1 Å². The van der Waals surface area contributed by atoms with Crippen molar-refractivity contribution in [2.45, 2.75) is 38.0 Å². The van der Waals surface area contributed by atoms with Gasteiger partial charge in [-0.2, -0.15) is 0 Å². The molecule has 1 fully saturated rings. The van der Waals surface area contributed by atoms with E-state index in [-0.39, 0.29) is 12.0 Å². The van der Waals surface area contributed by atoms with Gasteiger partial charge in [0.15, 0.2) is 9.84 Å². The summed E-state index contributed by atoms with van der Waals surface area (Å²) in [6.45, 7) is 3.99. The van der Waals surface area contributed by atoms with Gasteiger partial charge in [-0.3, -0.25) is 4.79 Å². The molecule has 1 aliphatic rings. The van der Waals surface area contributed by atoms with E-state index in [1.807, 2.05) is 6.92 Å². The molecule has 3 N–H and O–H groups in total. The van der Waals surface area contributed by atoms with Crippen molar-refractivity contribution in [1.82, 2.24) is 5.32 Å². The van der Waals surface area contributed by atoms with E-state index in [1.165, 1.54) is 7.05 Å². The van der Waals surface area contributed by atoms with Gasteiger partial charge in [0.1, 0.15) is 5.75 Å². The first-order valence-corrected chi connectivity index (χ1v) is 7.67. The number of nitrogens with two attached hydrogens (primary N) is 1. The maximum atomic E-state index is 12.1. The van der Waals surface area contributed by atoms with Crippen molar-refractivity contribution >= 4 is 15.7 Å². The lowest BCUT2D eigenvalue weighted by atomic mass is 9.80. The molecule has 0 aromatic heterocycles. The zero-order chi connectivity index (χ0) is 13.2. The number of carbonyl (C=O) groups excluding carboxylic acids is 1. The van der Waals surface area contributed by atoms with Crippen molar-refractivity contribution in [1.29, 1.82) is 0 Å². The van der Waals surface area contributed by atoms with E-state index in [4.69, 9.17) is 5.73 Å². The summed E-state index contributed by atoms with van der Waals surface area (Å²) in [6, 6.07) is -0.358. The van der Waals surface area contributed by atoms with Gasteiger partial charge in [-0.15, -0.1) is 0 Å². The lowest BCUT2D eigenvalue weighted by molar-refractivity contribution is -0.118. The summed E-state index contributed by atoms with van der Waals surface area (Å²) in [7, 11) is -2.02. The van der Waals surface area contributed by atoms with Gasteiger partial charge in [-0.05, 0) is 24.7 Å². The van der Waals surface area contributed by atoms with E-state index in [0.29, 0.717) is 12.3 Å². The second kappa shape index (κ2) is 5.35. The molecule has 1 amide bonds. The van der Waals surface area contributed by atoms with E-state index in [9.17, 15) is 13.2 Å². The van der Waals surface area contributed by atoms with Gasteiger partial charge in [-0.25, -0.2) is 8.42 Å². The fourth-order valence-electron chi connectivity index (χ4n) is 2.86. The largest absolute Gasteiger partial charge is 0.358 e. The van der Waals surface area contributed by atoms with Gasteiger partial charge in [0.25, 0.3) is 0 Å². The molecule has 1 rings (SSSR count). The van der Waals surface area contributed by atoms with Crippen LogP contribution in [0.4, 0.5) is 0 Å². The van der Waals surface area contributed by atoms with E-state index in [2.05, 4.69) is 12.2 Å². The lowest BCUT2D eigenvalue weighted by Gasteiger charge is -2.36. The number of amides is 1. The molecule has 4 unspecified atom stereocenters. The highest BCUT2D eigenvalue weighted by atomic mass is 32.2. The van der Waals surface area contributed by atoms with Gasteiger partial charge in [0.2, 0.25) is 5.91 Å². The Labute approximate surface area is 103 Å². The first-order valence-electron chi connectivity index (χ1n) is 5.95. The Bertz CT molecular complexity index is 368. The molecule has 0 aromatic carbocycles. The molecule has 0 heterocycles. The van der Waals surface area contributed by atoms with Crippen molar-refractivity contribution in [3.63, 3.8) is 0 Å². The normalized spacial score (nSPS) is 34.4. The smallest absolute Gasteiger partial charge is 0.234 e. The molecule has 1 aliphatic carbocycles. The van der Waals surface area contributed by atoms with Gasteiger partial charge in [0.05, 0.1) is 5.25 Å². The van der Waals surface area contributed by atoms with E-state index < -0.39 is 26.7 Å².